The number of hydrogen-bond donors (Lipinski definition) is 1. The van der Waals surface area contributed by atoms with Gasteiger partial charge in [0.25, 0.3) is 5.91 Å². The fraction of sp³-hybridized carbons (Fsp3) is 0.250. The van der Waals surface area contributed by atoms with Crippen LogP contribution >= 0.6 is 23.5 Å². The van der Waals surface area contributed by atoms with Gasteiger partial charge in [-0.2, -0.15) is 11.8 Å². The Kier molecular flexibility index (Phi) is 7.50. The molecule has 0 aliphatic heterocycles. The van der Waals surface area contributed by atoms with E-state index < -0.39 is 0 Å². The normalized spacial score (nSPS) is 10.8. The molecule has 1 aromatic carbocycles. The van der Waals surface area contributed by atoms with Crippen LogP contribution in [0.4, 0.5) is 4.39 Å². The van der Waals surface area contributed by atoms with E-state index in [-0.39, 0.29) is 11.7 Å². The zero-order valence-corrected chi connectivity index (χ0v) is 17.0. The van der Waals surface area contributed by atoms with Crippen LogP contribution in [-0.4, -0.2) is 28.3 Å². The van der Waals surface area contributed by atoms with Crippen LogP contribution in [0.2, 0.25) is 0 Å². The third-order valence-corrected chi connectivity index (χ3v) is 5.84. The average Bonchev–Trinajstić information content (AvgIpc) is 3.13. The Bertz CT molecular complexity index is 933. The number of halogens is 1. The number of carbonyl (C=O) groups is 1. The van der Waals surface area contributed by atoms with E-state index in [1.807, 2.05) is 19.1 Å². The van der Waals surface area contributed by atoms with Gasteiger partial charge < -0.3 is 9.84 Å². The highest BCUT2D eigenvalue weighted by Crippen LogP contribution is 2.24. The van der Waals surface area contributed by atoms with Gasteiger partial charge in [0.15, 0.2) is 0 Å². The molecule has 0 aliphatic carbocycles. The van der Waals surface area contributed by atoms with E-state index in [0.717, 1.165) is 11.5 Å². The second-order valence-electron chi connectivity index (χ2n) is 5.97. The minimum absolute atomic E-state index is 0.168. The molecule has 0 unspecified atom stereocenters. The average molecular weight is 418 g/mol. The van der Waals surface area contributed by atoms with Crippen LogP contribution < -0.4 is 5.32 Å². The van der Waals surface area contributed by atoms with Gasteiger partial charge >= 0.3 is 0 Å². The number of nitrogens with one attached hydrogen (secondary N) is 1. The molecular weight excluding hydrogens is 397 g/mol. The molecule has 5 nitrogen and oxygen atoms in total. The van der Waals surface area contributed by atoms with Crippen LogP contribution in [0.25, 0.3) is 0 Å². The van der Waals surface area contributed by atoms with E-state index in [1.54, 1.807) is 42.2 Å². The first-order chi connectivity index (χ1) is 13.6. The summed E-state index contributed by atoms with van der Waals surface area (Å²) < 4.78 is 18.6. The third-order valence-electron chi connectivity index (χ3n) is 3.80. The molecule has 8 heteroatoms. The maximum atomic E-state index is 13.6. The number of carbonyl (C=O) groups excluding carboxylic acids is 1. The van der Waals surface area contributed by atoms with Crippen molar-refractivity contribution >= 4 is 29.4 Å². The topological polar surface area (TPSA) is 68.0 Å². The summed E-state index contributed by atoms with van der Waals surface area (Å²) in [5.41, 5.74) is 2.02. The van der Waals surface area contributed by atoms with Crippen LogP contribution in [0.1, 0.15) is 27.4 Å². The number of nitrogens with zero attached hydrogens (tertiary/aromatic N) is 2. The van der Waals surface area contributed by atoms with Crippen LogP contribution in [-0.2, 0) is 11.5 Å². The summed E-state index contributed by atoms with van der Waals surface area (Å²) in [6.45, 7) is 2.34. The molecular formula is C20H20FN3O2S2. The van der Waals surface area contributed by atoms with E-state index in [0.29, 0.717) is 40.0 Å². The molecule has 0 fully saturated rings. The van der Waals surface area contributed by atoms with Gasteiger partial charge in [0.1, 0.15) is 16.6 Å². The van der Waals surface area contributed by atoms with Crippen molar-refractivity contribution in [3.05, 3.63) is 77.1 Å². The lowest BCUT2D eigenvalue weighted by molar-refractivity contribution is 0.0952. The van der Waals surface area contributed by atoms with Crippen LogP contribution in [0.15, 0.2) is 58.2 Å². The predicted octanol–water partition coefficient (Wildman–Crippen LogP) is 4.47. The first kappa shape index (κ1) is 20.4. The van der Waals surface area contributed by atoms with Crippen LogP contribution in [0, 0.1) is 12.7 Å². The zero-order chi connectivity index (χ0) is 19.8. The minimum Gasteiger partial charge on any atom is -0.361 e. The van der Waals surface area contributed by atoms with Crippen molar-refractivity contribution in [2.24, 2.45) is 0 Å². The van der Waals surface area contributed by atoms with Crippen molar-refractivity contribution in [2.45, 2.75) is 23.5 Å². The molecule has 0 saturated carbocycles. The summed E-state index contributed by atoms with van der Waals surface area (Å²) in [4.78, 5) is 16.8. The Balaban J connectivity index is 1.47. The number of amides is 1. The van der Waals surface area contributed by atoms with E-state index in [9.17, 15) is 9.18 Å². The number of hydrogen-bond acceptors (Lipinski definition) is 6. The van der Waals surface area contributed by atoms with Gasteiger partial charge in [-0.15, -0.1) is 0 Å². The summed E-state index contributed by atoms with van der Waals surface area (Å²) >= 11 is 3.02. The van der Waals surface area contributed by atoms with Crippen LogP contribution in [0.3, 0.4) is 0 Å². The van der Waals surface area contributed by atoms with E-state index in [1.165, 1.54) is 17.8 Å². The molecule has 28 heavy (non-hydrogen) atoms. The smallest absolute Gasteiger partial charge is 0.254 e. The molecule has 0 radical (unpaired) electrons. The molecule has 0 atom stereocenters. The van der Waals surface area contributed by atoms with Gasteiger partial charge in [0.05, 0.1) is 11.3 Å². The second-order valence-corrected chi connectivity index (χ2v) is 8.04. The van der Waals surface area contributed by atoms with Crippen molar-refractivity contribution in [3.63, 3.8) is 0 Å². The molecule has 2 aromatic heterocycles. The second kappa shape index (κ2) is 10.3. The summed E-state index contributed by atoms with van der Waals surface area (Å²) in [5.74, 6) is 2.24. The molecule has 146 valence electrons. The molecule has 3 aromatic rings. The maximum Gasteiger partial charge on any atom is 0.254 e. The summed E-state index contributed by atoms with van der Waals surface area (Å²) in [6, 6.07) is 12.1. The SMILES string of the molecule is Cc1cc(CSc2ncccc2C(=O)NCCSCc2ccccc2F)no1. The van der Waals surface area contributed by atoms with Gasteiger partial charge in [-0.25, -0.2) is 9.37 Å². The van der Waals surface area contributed by atoms with Crippen molar-refractivity contribution in [3.8, 4) is 0 Å². The lowest BCUT2D eigenvalue weighted by Crippen LogP contribution is -2.26. The molecule has 1 amide bonds. The Morgan fingerprint density at radius 3 is 2.86 bits per heavy atom. The molecule has 3 rings (SSSR count). The summed E-state index contributed by atoms with van der Waals surface area (Å²) in [5, 5.41) is 7.51. The fourth-order valence-corrected chi connectivity index (χ4v) is 4.15. The standard InChI is InChI=1S/C20H20FN3O2S2/c1-14-11-16(24-26-14)13-28-20-17(6-4-8-23-20)19(25)22-9-10-27-12-15-5-2-3-7-18(15)21/h2-8,11H,9-10,12-13H2,1H3,(H,22,25). The fourth-order valence-electron chi connectivity index (χ4n) is 2.44. The minimum atomic E-state index is -0.196. The number of rotatable bonds is 9. The Hall–Kier alpha value is -2.32. The molecule has 1 N–H and O–H groups in total. The Morgan fingerprint density at radius 1 is 1.21 bits per heavy atom. The van der Waals surface area contributed by atoms with E-state index >= 15 is 0 Å². The lowest BCUT2D eigenvalue weighted by atomic mass is 10.2. The van der Waals surface area contributed by atoms with Crippen molar-refractivity contribution in [2.75, 3.05) is 12.3 Å². The highest BCUT2D eigenvalue weighted by Gasteiger charge is 2.13. The molecule has 0 spiro atoms. The quantitative estimate of drug-likeness (QED) is 0.409. The van der Waals surface area contributed by atoms with Gasteiger partial charge in [0.2, 0.25) is 0 Å². The Morgan fingerprint density at radius 2 is 2.07 bits per heavy atom. The highest BCUT2D eigenvalue weighted by atomic mass is 32.2. The largest absolute Gasteiger partial charge is 0.361 e. The molecule has 0 bridgehead atoms. The number of aryl methyl sites for hydroxylation is 1. The summed E-state index contributed by atoms with van der Waals surface area (Å²) in [6.07, 6.45) is 1.66. The van der Waals surface area contributed by atoms with E-state index in [4.69, 9.17) is 4.52 Å². The van der Waals surface area contributed by atoms with Crippen LogP contribution in [0.5, 0.6) is 0 Å². The number of pyridine rings is 1. The first-order valence-electron chi connectivity index (χ1n) is 8.73. The Labute approximate surface area is 171 Å². The highest BCUT2D eigenvalue weighted by molar-refractivity contribution is 7.98. The zero-order valence-electron chi connectivity index (χ0n) is 15.4. The van der Waals surface area contributed by atoms with Gasteiger partial charge in [-0.05, 0) is 30.7 Å². The van der Waals surface area contributed by atoms with Crippen molar-refractivity contribution < 1.29 is 13.7 Å². The van der Waals surface area contributed by atoms with Crippen molar-refractivity contribution in [1.29, 1.82) is 0 Å². The predicted molar refractivity (Wildman–Crippen MR) is 110 cm³/mol. The van der Waals surface area contributed by atoms with Gasteiger partial charge in [-0.1, -0.05) is 35.1 Å². The van der Waals surface area contributed by atoms with Gasteiger partial charge in [0, 0.05) is 36.1 Å². The van der Waals surface area contributed by atoms with Gasteiger partial charge in [-0.3, -0.25) is 4.79 Å². The monoisotopic (exact) mass is 417 g/mol. The number of benzene rings is 1. The van der Waals surface area contributed by atoms with E-state index in [2.05, 4.69) is 15.5 Å². The maximum absolute atomic E-state index is 13.6. The third kappa shape index (κ3) is 5.84. The lowest BCUT2D eigenvalue weighted by Gasteiger charge is -2.09. The number of thioether (sulfide) groups is 2. The van der Waals surface area contributed by atoms with Crippen molar-refractivity contribution in [1.82, 2.24) is 15.5 Å². The molecule has 0 saturated heterocycles. The molecule has 2 heterocycles. The first-order valence-corrected chi connectivity index (χ1v) is 10.9. The number of aromatic nitrogens is 2. The molecule has 0 aliphatic rings. The summed E-state index contributed by atoms with van der Waals surface area (Å²) in [7, 11) is 0.